The quantitative estimate of drug-likeness (QED) is 0.589. The number of fused-ring (bicyclic) bond motifs is 5. The van der Waals surface area contributed by atoms with Gasteiger partial charge in [-0.1, -0.05) is 19.8 Å². The zero-order valence-corrected chi connectivity index (χ0v) is 15.3. The minimum Gasteiger partial charge on any atom is -0.390 e. The zero-order valence-electron chi connectivity index (χ0n) is 15.3. The third kappa shape index (κ3) is 2.04. The molecule has 4 aliphatic carbocycles. The lowest BCUT2D eigenvalue weighted by Crippen LogP contribution is -2.59. The van der Waals surface area contributed by atoms with Crippen LogP contribution in [0.1, 0.15) is 58.8 Å². The van der Waals surface area contributed by atoms with Crippen molar-refractivity contribution in [3.8, 4) is 12.3 Å². The SMILES string of the molecule is C#C[C@]1(O)[C@H](O)C[C@H]2[C@@H]3CCC4[C@@H](F)[C@@H](O)CC[C@]4(C)[C@H]3CC[C@@]21C. The lowest BCUT2D eigenvalue weighted by molar-refractivity contribution is -0.169. The van der Waals surface area contributed by atoms with E-state index in [2.05, 4.69) is 12.8 Å². The highest BCUT2D eigenvalue weighted by molar-refractivity contribution is 5.27. The van der Waals surface area contributed by atoms with Crippen molar-refractivity contribution in [1.82, 2.24) is 0 Å². The normalized spacial score (nSPS) is 60.9. The summed E-state index contributed by atoms with van der Waals surface area (Å²) in [5.74, 6) is 3.40. The fourth-order valence-corrected chi connectivity index (χ4v) is 7.55. The number of terminal acetylenes is 1. The van der Waals surface area contributed by atoms with Gasteiger partial charge >= 0.3 is 0 Å². The monoisotopic (exact) mass is 350 g/mol. The number of aliphatic hydroxyl groups excluding tert-OH is 2. The van der Waals surface area contributed by atoms with E-state index in [1.165, 1.54) is 0 Å². The van der Waals surface area contributed by atoms with Gasteiger partial charge < -0.3 is 15.3 Å². The van der Waals surface area contributed by atoms with Crippen molar-refractivity contribution in [3.05, 3.63) is 0 Å². The minimum absolute atomic E-state index is 0.0697. The summed E-state index contributed by atoms with van der Waals surface area (Å²) in [7, 11) is 0. The van der Waals surface area contributed by atoms with Crippen LogP contribution >= 0.6 is 0 Å². The van der Waals surface area contributed by atoms with E-state index in [0.717, 1.165) is 32.1 Å². The molecule has 4 heteroatoms. The van der Waals surface area contributed by atoms with Crippen molar-refractivity contribution in [1.29, 1.82) is 0 Å². The van der Waals surface area contributed by atoms with Gasteiger partial charge in [-0.3, -0.25) is 0 Å². The Balaban J connectivity index is 1.68. The fourth-order valence-electron chi connectivity index (χ4n) is 7.55. The molecule has 0 aromatic rings. The van der Waals surface area contributed by atoms with Gasteiger partial charge in [0.1, 0.15) is 6.17 Å². The highest BCUT2D eigenvalue weighted by Gasteiger charge is 2.68. The molecule has 3 N–H and O–H groups in total. The number of alkyl halides is 1. The molecule has 4 aliphatic rings. The van der Waals surface area contributed by atoms with Crippen LogP contribution in [0, 0.1) is 46.8 Å². The molecule has 0 aliphatic heterocycles. The summed E-state index contributed by atoms with van der Waals surface area (Å²) in [6, 6.07) is 0. The topological polar surface area (TPSA) is 60.7 Å². The summed E-state index contributed by atoms with van der Waals surface area (Å²) >= 11 is 0. The van der Waals surface area contributed by atoms with Crippen molar-refractivity contribution < 1.29 is 19.7 Å². The van der Waals surface area contributed by atoms with Crippen molar-refractivity contribution >= 4 is 0 Å². The molecule has 0 aromatic carbocycles. The molecule has 10 atom stereocenters. The Labute approximate surface area is 150 Å². The maximum Gasteiger partial charge on any atom is 0.156 e. The summed E-state index contributed by atoms with van der Waals surface area (Å²) in [6.45, 7) is 4.26. The first-order valence-corrected chi connectivity index (χ1v) is 9.89. The molecule has 0 heterocycles. The first kappa shape index (κ1) is 17.8. The van der Waals surface area contributed by atoms with Crippen molar-refractivity contribution in [2.45, 2.75) is 82.8 Å². The Morgan fingerprint density at radius 3 is 2.40 bits per heavy atom. The molecule has 0 saturated heterocycles. The van der Waals surface area contributed by atoms with E-state index in [9.17, 15) is 19.7 Å². The second kappa shape index (κ2) is 5.44. The van der Waals surface area contributed by atoms with E-state index in [1.54, 1.807) is 0 Å². The van der Waals surface area contributed by atoms with Gasteiger partial charge in [-0.05, 0) is 74.0 Å². The first-order valence-electron chi connectivity index (χ1n) is 9.89. The van der Waals surface area contributed by atoms with Crippen LogP contribution in [0.4, 0.5) is 4.39 Å². The van der Waals surface area contributed by atoms with Gasteiger partial charge in [-0.25, -0.2) is 4.39 Å². The molecule has 4 saturated carbocycles. The molecule has 3 nitrogen and oxygen atoms in total. The average molecular weight is 350 g/mol. The van der Waals surface area contributed by atoms with Gasteiger partial charge in [0.25, 0.3) is 0 Å². The number of halogens is 1. The standard InChI is InChI=1S/C21H31FO3/c1-4-21(25)17(24)11-15-12-5-6-14-18(22)16(23)8-9-19(14,2)13(12)7-10-20(15,21)3/h1,12-18,23-25H,5-11H2,2-3H3/t12-,13+,14?,15+,16+,17-,18-,19-,20+,21+/m1/s1. The number of aliphatic hydroxyl groups is 3. The molecular formula is C21H31FO3. The van der Waals surface area contributed by atoms with Gasteiger partial charge in [0.2, 0.25) is 0 Å². The van der Waals surface area contributed by atoms with Gasteiger partial charge in [0.15, 0.2) is 5.60 Å². The Morgan fingerprint density at radius 2 is 1.72 bits per heavy atom. The summed E-state index contributed by atoms with van der Waals surface area (Å²) in [4.78, 5) is 0. The summed E-state index contributed by atoms with van der Waals surface area (Å²) in [5.41, 5.74) is -2.01. The maximum absolute atomic E-state index is 14.7. The van der Waals surface area contributed by atoms with Crippen LogP contribution in [0.5, 0.6) is 0 Å². The van der Waals surface area contributed by atoms with E-state index in [0.29, 0.717) is 24.7 Å². The molecule has 0 spiro atoms. The number of rotatable bonds is 0. The van der Waals surface area contributed by atoms with Crippen LogP contribution in [0.25, 0.3) is 0 Å². The molecule has 0 radical (unpaired) electrons. The van der Waals surface area contributed by atoms with Crippen molar-refractivity contribution in [3.63, 3.8) is 0 Å². The third-order valence-electron chi connectivity index (χ3n) is 9.11. The lowest BCUT2D eigenvalue weighted by Gasteiger charge is -2.61. The molecule has 4 fully saturated rings. The van der Waals surface area contributed by atoms with Crippen molar-refractivity contribution in [2.75, 3.05) is 0 Å². The zero-order chi connectivity index (χ0) is 18.2. The summed E-state index contributed by atoms with van der Waals surface area (Å²) in [6.07, 6.45) is 8.17. The molecule has 1 unspecified atom stereocenters. The van der Waals surface area contributed by atoms with E-state index in [1.807, 2.05) is 6.92 Å². The van der Waals surface area contributed by atoms with Crippen LogP contribution < -0.4 is 0 Å². The Bertz CT molecular complexity index is 602. The van der Waals surface area contributed by atoms with Gasteiger partial charge in [-0.15, -0.1) is 6.42 Å². The summed E-state index contributed by atoms with van der Waals surface area (Å²) < 4.78 is 14.7. The minimum atomic E-state index is -1.45. The highest BCUT2D eigenvalue weighted by Crippen LogP contribution is 2.68. The second-order valence-electron chi connectivity index (χ2n) is 9.74. The second-order valence-corrected chi connectivity index (χ2v) is 9.74. The Kier molecular flexibility index (Phi) is 3.87. The van der Waals surface area contributed by atoms with E-state index in [-0.39, 0.29) is 17.3 Å². The average Bonchev–Trinajstić information content (AvgIpc) is 2.79. The Morgan fingerprint density at radius 1 is 1.00 bits per heavy atom. The molecule has 4 rings (SSSR count). The molecule has 0 amide bonds. The van der Waals surface area contributed by atoms with Crippen LogP contribution in [-0.4, -0.2) is 39.3 Å². The van der Waals surface area contributed by atoms with Crippen LogP contribution in [0.15, 0.2) is 0 Å². The van der Waals surface area contributed by atoms with Crippen LogP contribution in [-0.2, 0) is 0 Å². The van der Waals surface area contributed by atoms with Crippen molar-refractivity contribution in [2.24, 2.45) is 34.5 Å². The molecular weight excluding hydrogens is 319 g/mol. The highest BCUT2D eigenvalue weighted by atomic mass is 19.1. The van der Waals surface area contributed by atoms with Crippen LogP contribution in [0.2, 0.25) is 0 Å². The predicted molar refractivity (Wildman–Crippen MR) is 93.2 cm³/mol. The predicted octanol–water partition coefficient (Wildman–Crippen LogP) is 2.67. The lowest BCUT2D eigenvalue weighted by atomic mass is 9.44. The number of hydrogen-bond donors (Lipinski definition) is 3. The molecule has 140 valence electrons. The number of hydrogen-bond acceptors (Lipinski definition) is 3. The molecule has 0 aromatic heterocycles. The molecule has 25 heavy (non-hydrogen) atoms. The van der Waals surface area contributed by atoms with E-state index >= 15 is 0 Å². The smallest absolute Gasteiger partial charge is 0.156 e. The van der Waals surface area contributed by atoms with Crippen LogP contribution in [0.3, 0.4) is 0 Å². The first-order chi connectivity index (χ1) is 11.7. The van der Waals surface area contributed by atoms with Gasteiger partial charge in [-0.2, -0.15) is 0 Å². The fraction of sp³-hybridized carbons (Fsp3) is 0.905. The maximum atomic E-state index is 14.7. The van der Waals surface area contributed by atoms with E-state index in [4.69, 9.17) is 6.42 Å². The summed E-state index contributed by atoms with van der Waals surface area (Å²) in [5, 5.41) is 31.5. The van der Waals surface area contributed by atoms with Gasteiger partial charge in [0, 0.05) is 5.41 Å². The largest absolute Gasteiger partial charge is 0.390 e. The third-order valence-corrected chi connectivity index (χ3v) is 9.11. The Hall–Kier alpha value is -0.630. The van der Waals surface area contributed by atoms with Gasteiger partial charge in [0.05, 0.1) is 12.2 Å². The van der Waals surface area contributed by atoms with E-state index < -0.39 is 29.4 Å². The molecule has 0 bridgehead atoms.